The highest BCUT2D eigenvalue weighted by atomic mass is 16.6. The van der Waals surface area contributed by atoms with Crippen LogP contribution in [0.5, 0.6) is 0 Å². The van der Waals surface area contributed by atoms with E-state index in [2.05, 4.69) is 0 Å². The first-order chi connectivity index (χ1) is 12.5. The lowest BCUT2D eigenvalue weighted by Gasteiger charge is -2.40. The Bertz CT molecular complexity index is 497. The van der Waals surface area contributed by atoms with Crippen LogP contribution in [-0.4, -0.2) is 36.2 Å². The minimum Gasteiger partial charge on any atom is -0.465 e. The van der Waals surface area contributed by atoms with Crippen LogP contribution in [0.1, 0.15) is 84.5 Å². The molecule has 2 unspecified atom stereocenters. The molecular formula is C20H32O6. The van der Waals surface area contributed by atoms with E-state index in [9.17, 15) is 14.4 Å². The number of unbranched alkanes of at least 4 members (excludes halogenated alkanes) is 1. The summed E-state index contributed by atoms with van der Waals surface area (Å²) < 4.78 is 16.6. The fourth-order valence-electron chi connectivity index (χ4n) is 3.97. The molecule has 2 saturated carbocycles. The standard InChI is InChI=1S/C20H32O6/c1-3-4-14-24-18(22)17-12-8-9-13-20(17,26-15(2)21)19(23)25-16-10-6-5-7-11-16/h16-17H,3-14H2,1-2H3. The van der Waals surface area contributed by atoms with Gasteiger partial charge >= 0.3 is 17.9 Å². The van der Waals surface area contributed by atoms with E-state index in [1.165, 1.54) is 6.92 Å². The van der Waals surface area contributed by atoms with Gasteiger partial charge in [0.1, 0.15) is 12.0 Å². The minimum atomic E-state index is -1.54. The third-order valence-corrected chi connectivity index (χ3v) is 5.38. The van der Waals surface area contributed by atoms with Crippen molar-refractivity contribution in [3.05, 3.63) is 0 Å². The van der Waals surface area contributed by atoms with Gasteiger partial charge < -0.3 is 14.2 Å². The highest BCUT2D eigenvalue weighted by molar-refractivity contribution is 5.90. The molecule has 2 fully saturated rings. The van der Waals surface area contributed by atoms with Crippen LogP contribution < -0.4 is 0 Å². The number of carbonyl (C=O) groups is 3. The molecule has 0 saturated heterocycles. The number of hydrogen-bond acceptors (Lipinski definition) is 6. The van der Waals surface area contributed by atoms with Crippen LogP contribution >= 0.6 is 0 Å². The second-order valence-electron chi connectivity index (χ2n) is 7.47. The van der Waals surface area contributed by atoms with Crippen LogP contribution in [0.15, 0.2) is 0 Å². The maximum absolute atomic E-state index is 13.1. The number of carbonyl (C=O) groups excluding carboxylic acids is 3. The lowest BCUT2D eigenvalue weighted by atomic mass is 9.75. The van der Waals surface area contributed by atoms with Crippen LogP contribution in [0.25, 0.3) is 0 Å². The van der Waals surface area contributed by atoms with Crippen molar-refractivity contribution in [1.82, 2.24) is 0 Å². The molecule has 2 aliphatic rings. The first-order valence-corrected chi connectivity index (χ1v) is 10.1. The van der Waals surface area contributed by atoms with Gasteiger partial charge in [-0.15, -0.1) is 0 Å². The van der Waals surface area contributed by atoms with Crippen molar-refractivity contribution < 1.29 is 28.6 Å². The number of rotatable bonds is 7. The Kier molecular flexibility index (Phi) is 7.91. The molecule has 0 bridgehead atoms. The Labute approximate surface area is 155 Å². The molecule has 6 nitrogen and oxygen atoms in total. The number of esters is 3. The highest BCUT2D eigenvalue weighted by Gasteiger charge is 2.56. The summed E-state index contributed by atoms with van der Waals surface area (Å²) in [7, 11) is 0. The van der Waals surface area contributed by atoms with Crippen LogP contribution in [0.2, 0.25) is 0 Å². The van der Waals surface area contributed by atoms with Gasteiger partial charge in [-0.25, -0.2) is 4.79 Å². The zero-order chi connectivity index (χ0) is 19.0. The molecule has 0 aromatic heterocycles. The van der Waals surface area contributed by atoms with Crippen LogP contribution in [-0.2, 0) is 28.6 Å². The normalized spacial score (nSPS) is 26.8. The quantitative estimate of drug-likeness (QED) is 0.387. The molecule has 148 valence electrons. The lowest BCUT2D eigenvalue weighted by Crippen LogP contribution is -2.55. The molecular weight excluding hydrogens is 336 g/mol. The molecule has 2 rings (SSSR count). The first-order valence-electron chi connectivity index (χ1n) is 10.1. The fourth-order valence-corrected chi connectivity index (χ4v) is 3.97. The summed E-state index contributed by atoms with van der Waals surface area (Å²) in [5.74, 6) is -2.39. The average Bonchev–Trinajstić information content (AvgIpc) is 2.62. The molecule has 0 heterocycles. The van der Waals surface area contributed by atoms with Crippen molar-refractivity contribution in [2.24, 2.45) is 5.92 Å². The van der Waals surface area contributed by atoms with Gasteiger partial charge in [0, 0.05) is 6.92 Å². The Hall–Kier alpha value is -1.59. The van der Waals surface area contributed by atoms with E-state index in [0.29, 0.717) is 25.9 Å². The molecule has 6 heteroatoms. The smallest absolute Gasteiger partial charge is 0.351 e. The Morgan fingerprint density at radius 1 is 1.00 bits per heavy atom. The van der Waals surface area contributed by atoms with Crippen molar-refractivity contribution >= 4 is 17.9 Å². The zero-order valence-electron chi connectivity index (χ0n) is 16.1. The maximum Gasteiger partial charge on any atom is 0.351 e. The summed E-state index contributed by atoms with van der Waals surface area (Å²) in [6.45, 7) is 3.60. The maximum atomic E-state index is 13.1. The average molecular weight is 368 g/mol. The van der Waals surface area contributed by atoms with Gasteiger partial charge in [-0.2, -0.15) is 0 Å². The van der Waals surface area contributed by atoms with Crippen molar-refractivity contribution in [3.8, 4) is 0 Å². The van der Waals surface area contributed by atoms with Gasteiger partial charge in [0.05, 0.1) is 6.61 Å². The predicted octanol–water partition coefficient (Wildman–Crippen LogP) is 3.70. The fraction of sp³-hybridized carbons (Fsp3) is 0.850. The van der Waals surface area contributed by atoms with Crippen LogP contribution in [0.3, 0.4) is 0 Å². The van der Waals surface area contributed by atoms with Gasteiger partial charge in [0.2, 0.25) is 5.60 Å². The second kappa shape index (κ2) is 9.93. The molecule has 0 aromatic carbocycles. The summed E-state index contributed by atoms with van der Waals surface area (Å²) in [6, 6.07) is 0. The second-order valence-corrected chi connectivity index (χ2v) is 7.47. The predicted molar refractivity (Wildman–Crippen MR) is 95.3 cm³/mol. The molecule has 2 aliphatic carbocycles. The van der Waals surface area contributed by atoms with Crippen LogP contribution in [0.4, 0.5) is 0 Å². The largest absolute Gasteiger partial charge is 0.465 e. The Morgan fingerprint density at radius 3 is 2.35 bits per heavy atom. The first kappa shape index (κ1) is 20.7. The van der Waals surface area contributed by atoms with E-state index in [-0.39, 0.29) is 6.10 Å². The van der Waals surface area contributed by atoms with Crippen molar-refractivity contribution in [2.75, 3.05) is 6.61 Å². The lowest BCUT2D eigenvalue weighted by molar-refractivity contribution is -0.203. The molecule has 0 radical (unpaired) electrons. The summed E-state index contributed by atoms with van der Waals surface area (Å²) in [5.41, 5.74) is -1.54. The molecule has 2 atom stereocenters. The van der Waals surface area contributed by atoms with Gasteiger partial charge in [-0.3, -0.25) is 9.59 Å². The SMILES string of the molecule is CCCCOC(=O)C1CCCCC1(OC(C)=O)C(=O)OC1CCCCC1. The summed E-state index contributed by atoms with van der Waals surface area (Å²) >= 11 is 0. The molecule has 26 heavy (non-hydrogen) atoms. The van der Waals surface area contributed by atoms with E-state index in [1.54, 1.807) is 0 Å². The molecule has 0 amide bonds. The topological polar surface area (TPSA) is 78.9 Å². The molecule has 0 N–H and O–H groups in total. The van der Waals surface area contributed by atoms with Gasteiger partial charge in [0.25, 0.3) is 0 Å². The van der Waals surface area contributed by atoms with Crippen molar-refractivity contribution in [1.29, 1.82) is 0 Å². The third kappa shape index (κ3) is 5.21. The Morgan fingerprint density at radius 2 is 1.69 bits per heavy atom. The zero-order valence-corrected chi connectivity index (χ0v) is 16.1. The van der Waals surface area contributed by atoms with E-state index >= 15 is 0 Å². The van der Waals surface area contributed by atoms with Gasteiger partial charge in [-0.05, 0) is 51.4 Å². The summed E-state index contributed by atoms with van der Waals surface area (Å²) in [4.78, 5) is 37.5. The van der Waals surface area contributed by atoms with E-state index in [4.69, 9.17) is 14.2 Å². The van der Waals surface area contributed by atoms with Crippen molar-refractivity contribution in [3.63, 3.8) is 0 Å². The van der Waals surface area contributed by atoms with E-state index < -0.39 is 29.4 Å². The minimum absolute atomic E-state index is 0.151. The van der Waals surface area contributed by atoms with E-state index in [1.807, 2.05) is 6.92 Å². The monoisotopic (exact) mass is 368 g/mol. The van der Waals surface area contributed by atoms with Gasteiger partial charge in [0.15, 0.2) is 0 Å². The van der Waals surface area contributed by atoms with Crippen LogP contribution in [0, 0.1) is 5.92 Å². The number of ether oxygens (including phenoxy) is 3. The van der Waals surface area contributed by atoms with Crippen molar-refractivity contribution in [2.45, 2.75) is 96.2 Å². The molecule has 0 aliphatic heterocycles. The molecule has 0 aromatic rings. The highest BCUT2D eigenvalue weighted by Crippen LogP contribution is 2.40. The summed E-state index contributed by atoms with van der Waals surface area (Å²) in [5, 5.41) is 0. The summed E-state index contributed by atoms with van der Waals surface area (Å²) in [6.07, 6.45) is 8.69. The number of hydrogen-bond donors (Lipinski definition) is 0. The Balaban J connectivity index is 2.17. The van der Waals surface area contributed by atoms with Gasteiger partial charge in [-0.1, -0.05) is 26.2 Å². The molecule has 0 spiro atoms. The van der Waals surface area contributed by atoms with E-state index in [0.717, 1.165) is 51.4 Å². The third-order valence-electron chi connectivity index (χ3n) is 5.38.